The van der Waals surface area contributed by atoms with Crippen LogP contribution in [0.1, 0.15) is 37.5 Å². The Balaban J connectivity index is 1.86. The van der Waals surface area contributed by atoms with Gasteiger partial charge in [0.1, 0.15) is 6.04 Å². The first-order valence-electron chi connectivity index (χ1n) is 11.7. The number of nitrogens with one attached hydrogen (secondary N) is 1. The van der Waals surface area contributed by atoms with Crippen molar-refractivity contribution in [3.8, 4) is 0 Å². The van der Waals surface area contributed by atoms with Gasteiger partial charge in [-0.2, -0.15) is 0 Å². The third-order valence-corrected chi connectivity index (χ3v) is 6.89. The lowest BCUT2D eigenvalue weighted by Gasteiger charge is -2.34. The van der Waals surface area contributed by atoms with E-state index >= 15 is 0 Å². The van der Waals surface area contributed by atoms with Crippen molar-refractivity contribution in [3.63, 3.8) is 0 Å². The molecule has 0 saturated carbocycles. The quantitative estimate of drug-likeness (QED) is 0.324. The molecule has 3 rings (SSSR count). The summed E-state index contributed by atoms with van der Waals surface area (Å²) >= 11 is 5.05. The molecule has 0 heterocycles. The van der Waals surface area contributed by atoms with Gasteiger partial charge in [-0.05, 0) is 49.6 Å². The molecule has 0 aromatic heterocycles. The molecular weight excluding hydrogens is 520 g/mol. The van der Waals surface area contributed by atoms with Crippen molar-refractivity contribution in [1.29, 1.82) is 0 Å². The molecule has 0 saturated heterocycles. The SMILES string of the molecule is CC(C)(C)NC(=O)C(Cc1ccccc1)N(Cc1ccc(Br)cc1)C(=O)CSCc1ccccc1. The fourth-order valence-corrected chi connectivity index (χ4v) is 4.84. The summed E-state index contributed by atoms with van der Waals surface area (Å²) in [5.74, 6) is 0.870. The lowest BCUT2D eigenvalue weighted by molar-refractivity contribution is -0.140. The van der Waals surface area contributed by atoms with Crippen molar-refractivity contribution < 1.29 is 9.59 Å². The van der Waals surface area contributed by atoms with Crippen LogP contribution in [0.4, 0.5) is 0 Å². The Morgan fingerprint density at radius 3 is 2.00 bits per heavy atom. The molecule has 4 nitrogen and oxygen atoms in total. The maximum atomic E-state index is 13.6. The van der Waals surface area contributed by atoms with Crippen LogP contribution < -0.4 is 5.32 Å². The number of carbonyl (C=O) groups excluding carboxylic acids is 2. The predicted molar refractivity (Wildman–Crippen MR) is 149 cm³/mol. The van der Waals surface area contributed by atoms with E-state index in [4.69, 9.17) is 0 Å². The standard InChI is InChI=1S/C29H33BrN2O2S/c1-29(2,3)31-28(34)26(18-22-10-6-4-7-11-22)32(19-23-14-16-25(30)17-15-23)27(33)21-35-20-24-12-8-5-9-13-24/h4-17,26H,18-21H2,1-3H3,(H,31,34). The summed E-state index contributed by atoms with van der Waals surface area (Å²) in [5, 5.41) is 3.10. The average molecular weight is 554 g/mol. The van der Waals surface area contributed by atoms with Crippen molar-refractivity contribution in [3.05, 3.63) is 106 Å². The maximum Gasteiger partial charge on any atom is 0.243 e. The minimum Gasteiger partial charge on any atom is -0.350 e. The highest BCUT2D eigenvalue weighted by Gasteiger charge is 2.32. The van der Waals surface area contributed by atoms with E-state index in [1.54, 1.807) is 16.7 Å². The third kappa shape index (κ3) is 9.19. The highest BCUT2D eigenvalue weighted by Crippen LogP contribution is 2.20. The van der Waals surface area contributed by atoms with Gasteiger partial charge in [0.25, 0.3) is 0 Å². The van der Waals surface area contributed by atoms with Crippen LogP contribution in [0.3, 0.4) is 0 Å². The van der Waals surface area contributed by atoms with Crippen LogP contribution in [-0.4, -0.2) is 34.0 Å². The first-order chi connectivity index (χ1) is 16.7. The van der Waals surface area contributed by atoms with E-state index in [0.717, 1.165) is 21.4 Å². The molecule has 0 radical (unpaired) electrons. The fourth-order valence-electron chi connectivity index (χ4n) is 3.71. The fraction of sp³-hybridized carbons (Fsp3) is 0.310. The summed E-state index contributed by atoms with van der Waals surface area (Å²) < 4.78 is 0.976. The Hall–Kier alpha value is -2.57. The summed E-state index contributed by atoms with van der Waals surface area (Å²) in [4.78, 5) is 28.9. The number of benzene rings is 3. The molecule has 35 heavy (non-hydrogen) atoms. The number of nitrogens with zero attached hydrogens (tertiary/aromatic N) is 1. The van der Waals surface area contributed by atoms with E-state index in [1.165, 1.54) is 5.56 Å². The predicted octanol–water partition coefficient (Wildman–Crippen LogP) is 6.24. The van der Waals surface area contributed by atoms with Crippen LogP contribution in [-0.2, 0) is 28.3 Å². The van der Waals surface area contributed by atoms with Crippen molar-refractivity contribution >= 4 is 39.5 Å². The molecule has 184 valence electrons. The Kier molecular flexibility index (Phi) is 9.99. The van der Waals surface area contributed by atoms with Crippen LogP contribution in [0, 0.1) is 0 Å². The normalized spacial score (nSPS) is 12.1. The van der Waals surface area contributed by atoms with Gasteiger partial charge in [0.05, 0.1) is 5.75 Å². The minimum absolute atomic E-state index is 0.0427. The lowest BCUT2D eigenvalue weighted by Crippen LogP contribution is -2.54. The van der Waals surface area contributed by atoms with Gasteiger partial charge in [0.2, 0.25) is 11.8 Å². The minimum atomic E-state index is -0.620. The number of hydrogen-bond acceptors (Lipinski definition) is 3. The molecule has 3 aromatic carbocycles. The van der Waals surface area contributed by atoms with Crippen molar-refractivity contribution in [2.75, 3.05) is 5.75 Å². The van der Waals surface area contributed by atoms with E-state index in [1.807, 2.05) is 93.6 Å². The molecule has 0 bridgehead atoms. The molecule has 2 amide bonds. The van der Waals surface area contributed by atoms with Gasteiger partial charge in [-0.25, -0.2) is 0 Å². The lowest BCUT2D eigenvalue weighted by atomic mass is 10.0. The van der Waals surface area contributed by atoms with Gasteiger partial charge < -0.3 is 10.2 Å². The van der Waals surface area contributed by atoms with Crippen LogP contribution in [0.2, 0.25) is 0 Å². The monoisotopic (exact) mass is 552 g/mol. The zero-order chi connectivity index (χ0) is 25.3. The Morgan fingerprint density at radius 2 is 1.43 bits per heavy atom. The van der Waals surface area contributed by atoms with E-state index in [9.17, 15) is 9.59 Å². The second-order valence-electron chi connectivity index (χ2n) is 9.57. The summed E-state index contributed by atoms with van der Waals surface area (Å²) in [5.41, 5.74) is 2.78. The highest BCUT2D eigenvalue weighted by molar-refractivity contribution is 9.10. The average Bonchev–Trinajstić information content (AvgIpc) is 2.82. The molecule has 0 fully saturated rings. The van der Waals surface area contributed by atoms with Crippen molar-refractivity contribution in [2.45, 2.75) is 51.1 Å². The molecule has 0 aliphatic rings. The number of amides is 2. The Labute approximate surface area is 221 Å². The Bertz CT molecular complexity index is 1080. The van der Waals surface area contributed by atoms with Gasteiger partial charge in [-0.1, -0.05) is 88.7 Å². The summed E-state index contributed by atoms with van der Waals surface area (Å²) in [6.07, 6.45) is 0.453. The third-order valence-electron chi connectivity index (χ3n) is 5.37. The topological polar surface area (TPSA) is 49.4 Å². The first-order valence-corrected chi connectivity index (χ1v) is 13.7. The van der Waals surface area contributed by atoms with Gasteiger partial charge >= 0.3 is 0 Å². The van der Waals surface area contributed by atoms with Gasteiger partial charge in [-0.3, -0.25) is 9.59 Å². The second kappa shape index (κ2) is 12.9. The highest BCUT2D eigenvalue weighted by atomic mass is 79.9. The largest absolute Gasteiger partial charge is 0.350 e. The zero-order valence-electron chi connectivity index (χ0n) is 20.5. The van der Waals surface area contributed by atoms with E-state index in [2.05, 4.69) is 33.4 Å². The van der Waals surface area contributed by atoms with Gasteiger partial charge in [-0.15, -0.1) is 11.8 Å². The molecule has 3 aromatic rings. The van der Waals surface area contributed by atoms with Gasteiger partial charge in [0, 0.05) is 28.7 Å². The van der Waals surface area contributed by atoms with Crippen molar-refractivity contribution in [1.82, 2.24) is 10.2 Å². The number of rotatable bonds is 10. The van der Waals surface area contributed by atoms with E-state index in [0.29, 0.717) is 18.7 Å². The smallest absolute Gasteiger partial charge is 0.243 e. The number of thioether (sulfide) groups is 1. The summed E-state index contributed by atoms with van der Waals surface area (Å²) in [7, 11) is 0. The Morgan fingerprint density at radius 1 is 0.857 bits per heavy atom. The summed E-state index contributed by atoms with van der Waals surface area (Å²) in [6.45, 7) is 6.25. The molecule has 0 aliphatic carbocycles. The van der Waals surface area contributed by atoms with Gasteiger partial charge in [0.15, 0.2) is 0 Å². The number of carbonyl (C=O) groups is 2. The van der Waals surface area contributed by atoms with Crippen molar-refractivity contribution in [2.24, 2.45) is 0 Å². The molecular formula is C29H33BrN2O2S. The van der Waals surface area contributed by atoms with Crippen LogP contribution in [0.5, 0.6) is 0 Å². The van der Waals surface area contributed by atoms with Crippen LogP contribution in [0.15, 0.2) is 89.4 Å². The molecule has 0 spiro atoms. The molecule has 0 aliphatic heterocycles. The maximum absolute atomic E-state index is 13.6. The van der Waals surface area contributed by atoms with Crippen LogP contribution >= 0.6 is 27.7 Å². The molecule has 1 N–H and O–H groups in total. The van der Waals surface area contributed by atoms with E-state index in [-0.39, 0.29) is 11.8 Å². The number of halogens is 1. The first kappa shape index (κ1) is 27.0. The number of hydrogen-bond donors (Lipinski definition) is 1. The summed E-state index contributed by atoms with van der Waals surface area (Å²) in [6, 6.07) is 27.3. The molecule has 1 unspecified atom stereocenters. The molecule has 6 heteroatoms. The van der Waals surface area contributed by atoms with Crippen LogP contribution in [0.25, 0.3) is 0 Å². The zero-order valence-corrected chi connectivity index (χ0v) is 22.9. The van der Waals surface area contributed by atoms with E-state index < -0.39 is 11.6 Å². The second-order valence-corrected chi connectivity index (χ2v) is 11.5. The molecule has 1 atom stereocenters.